The van der Waals surface area contributed by atoms with Gasteiger partial charge in [0.1, 0.15) is 0 Å². The fourth-order valence-corrected chi connectivity index (χ4v) is 4.75. The van der Waals surface area contributed by atoms with Gasteiger partial charge < -0.3 is 14.6 Å². The number of hydrogen-bond donors (Lipinski definition) is 1. The first-order valence-corrected chi connectivity index (χ1v) is 11.8. The Morgan fingerprint density at radius 2 is 1.97 bits per heavy atom. The molecule has 1 aromatic heterocycles. The standard InChI is InChI=1S/C25H26BrClN4O2/c1-6-33-24(32)22-23(31(14(2)3)25(26)30-22)21(19-10-8-17(13-28)11-16(19)5)29-20-12-18(27)9-7-15(20)4/h7-12,14,21,29H,6H2,1-5H3. The summed E-state index contributed by atoms with van der Waals surface area (Å²) in [6, 6.07) is 12.9. The molecule has 0 aliphatic heterocycles. The van der Waals surface area contributed by atoms with Crippen LogP contribution in [0.4, 0.5) is 5.69 Å². The molecule has 1 N–H and O–H groups in total. The molecule has 0 amide bonds. The van der Waals surface area contributed by atoms with E-state index in [0.717, 1.165) is 22.4 Å². The normalized spacial score (nSPS) is 11.8. The van der Waals surface area contributed by atoms with Crippen LogP contribution in [0.3, 0.4) is 0 Å². The van der Waals surface area contributed by atoms with Crippen LogP contribution in [0.25, 0.3) is 0 Å². The molecule has 1 heterocycles. The number of aromatic nitrogens is 2. The predicted octanol–water partition coefficient (Wildman–Crippen LogP) is 6.75. The second-order valence-electron chi connectivity index (χ2n) is 8.02. The summed E-state index contributed by atoms with van der Waals surface area (Å²) in [6.07, 6.45) is 0. The molecule has 0 fully saturated rings. The highest BCUT2D eigenvalue weighted by Crippen LogP contribution is 2.36. The lowest BCUT2D eigenvalue weighted by Gasteiger charge is -2.27. The topological polar surface area (TPSA) is 79.9 Å². The molecule has 0 spiro atoms. The van der Waals surface area contributed by atoms with Crippen molar-refractivity contribution in [1.82, 2.24) is 9.55 Å². The van der Waals surface area contributed by atoms with Gasteiger partial charge in [0.2, 0.25) is 0 Å². The Labute approximate surface area is 207 Å². The number of benzene rings is 2. The maximum atomic E-state index is 12.9. The second kappa shape index (κ2) is 10.4. The summed E-state index contributed by atoms with van der Waals surface area (Å²) in [6.45, 7) is 10.00. The monoisotopic (exact) mass is 528 g/mol. The van der Waals surface area contributed by atoms with E-state index in [1.165, 1.54) is 0 Å². The van der Waals surface area contributed by atoms with Gasteiger partial charge in [0.25, 0.3) is 0 Å². The molecule has 0 saturated carbocycles. The Bertz CT molecular complexity index is 1230. The number of halogens is 2. The average molecular weight is 530 g/mol. The van der Waals surface area contributed by atoms with Crippen molar-refractivity contribution in [3.63, 3.8) is 0 Å². The number of aryl methyl sites for hydroxylation is 2. The molecule has 8 heteroatoms. The predicted molar refractivity (Wildman–Crippen MR) is 134 cm³/mol. The first kappa shape index (κ1) is 24.8. The molecule has 0 aliphatic carbocycles. The van der Waals surface area contributed by atoms with E-state index in [9.17, 15) is 10.1 Å². The number of hydrogen-bond acceptors (Lipinski definition) is 5. The van der Waals surface area contributed by atoms with Gasteiger partial charge in [-0.1, -0.05) is 23.7 Å². The van der Waals surface area contributed by atoms with Gasteiger partial charge in [0.05, 0.1) is 30.0 Å². The summed E-state index contributed by atoms with van der Waals surface area (Å²) >= 11 is 9.83. The highest BCUT2D eigenvalue weighted by molar-refractivity contribution is 9.10. The van der Waals surface area contributed by atoms with Gasteiger partial charge in [-0.25, -0.2) is 9.78 Å². The van der Waals surface area contributed by atoms with Gasteiger partial charge >= 0.3 is 5.97 Å². The van der Waals surface area contributed by atoms with E-state index in [2.05, 4.69) is 32.3 Å². The molecule has 33 heavy (non-hydrogen) atoms. The van der Waals surface area contributed by atoms with Crippen LogP contribution in [0.1, 0.15) is 71.3 Å². The smallest absolute Gasteiger partial charge is 0.358 e. The number of anilines is 1. The molecule has 1 atom stereocenters. The maximum absolute atomic E-state index is 12.9. The third-order valence-corrected chi connectivity index (χ3v) is 6.17. The van der Waals surface area contributed by atoms with E-state index in [-0.39, 0.29) is 18.3 Å². The number of carbonyl (C=O) groups is 1. The summed E-state index contributed by atoms with van der Waals surface area (Å²) in [5, 5.41) is 13.5. The summed E-state index contributed by atoms with van der Waals surface area (Å²) < 4.78 is 7.85. The fourth-order valence-electron chi connectivity index (χ4n) is 3.80. The highest BCUT2D eigenvalue weighted by Gasteiger charge is 2.32. The lowest BCUT2D eigenvalue weighted by molar-refractivity contribution is 0.0518. The van der Waals surface area contributed by atoms with E-state index in [0.29, 0.717) is 21.0 Å². The number of nitrogens with one attached hydrogen (secondary N) is 1. The number of ether oxygens (including phenoxy) is 1. The molecule has 0 saturated heterocycles. The molecule has 2 aromatic carbocycles. The first-order chi connectivity index (χ1) is 15.7. The Hall–Kier alpha value is -2.82. The van der Waals surface area contributed by atoms with E-state index >= 15 is 0 Å². The largest absolute Gasteiger partial charge is 0.461 e. The Morgan fingerprint density at radius 1 is 1.24 bits per heavy atom. The molecular formula is C25H26BrClN4O2. The Balaban J connectivity index is 2.31. The van der Waals surface area contributed by atoms with Crippen molar-refractivity contribution < 1.29 is 9.53 Å². The van der Waals surface area contributed by atoms with Crippen LogP contribution in [0, 0.1) is 25.2 Å². The summed E-state index contributed by atoms with van der Waals surface area (Å²) in [5.41, 5.74) is 5.13. The van der Waals surface area contributed by atoms with Crippen molar-refractivity contribution in [2.75, 3.05) is 11.9 Å². The minimum absolute atomic E-state index is 0.00787. The minimum atomic E-state index is -0.492. The zero-order valence-corrected chi connectivity index (χ0v) is 21.6. The van der Waals surface area contributed by atoms with Gasteiger partial charge in [-0.05, 0) is 91.5 Å². The molecule has 0 aliphatic rings. The van der Waals surface area contributed by atoms with Crippen LogP contribution in [0.2, 0.25) is 5.02 Å². The van der Waals surface area contributed by atoms with Crippen LogP contribution in [0.5, 0.6) is 0 Å². The summed E-state index contributed by atoms with van der Waals surface area (Å²) in [4.78, 5) is 17.5. The van der Waals surface area contributed by atoms with Crippen LogP contribution >= 0.6 is 27.5 Å². The van der Waals surface area contributed by atoms with Crippen LogP contribution in [-0.4, -0.2) is 22.1 Å². The summed E-state index contributed by atoms with van der Waals surface area (Å²) in [5.74, 6) is -0.492. The zero-order valence-electron chi connectivity index (χ0n) is 19.2. The molecular weight excluding hydrogens is 504 g/mol. The van der Waals surface area contributed by atoms with Crippen molar-refractivity contribution >= 4 is 39.2 Å². The van der Waals surface area contributed by atoms with Gasteiger partial charge in [-0.15, -0.1) is 0 Å². The maximum Gasteiger partial charge on any atom is 0.358 e. The van der Waals surface area contributed by atoms with Gasteiger partial charge in [-0.3, -0.25) is 0 Å². The molecule has 0 radical (unpaired) electrons. The molecule has 172 valence electrons. The lowest BCUT2D eigenvalue weighted by atomic mass is 9.94. The van der Waals surface area contributed by atoms with Gasteiger partial charge in [0, 0.05) is 16.8 Å². The van der Waals surface area contributed by atoms with Crippen molar-refractivity contribution in [1.29, 1.82) is 5.26 Å². The van der Waals surface area contributed by atoms with E-state index in [1.54, 1.807) is 13.0 Å². The third kappa shape index (κ3) is 5.23. The number of nitrogens with zero attached hydrogens (tertiary/aromatic N) is 3. The first-order valence-electron chi connectivity index (χ1n) is 10.7. The van der Waals surface area contributed by atoms with Crippen LogP contribution in [0.15, 0.2) is 41.1 Å². The number of carbonyl (C=O) groups excluding carboxylic acids is 1. The van der Waals surface area contributed by atoms with E-state index in [4.69, 9.17) is 16.3 Å². The van der Waals surface area contributed by atoms with E-state index < -0.39 is 12.0 Å². The molecule has 1 unspecified atom stereocenters. The second-order valence-corrected chi connectivity index (χ2v) is 9.16. The minimum Gasteiger partial charge on any atom is -0.461 e. The van der Waals surface area contributed by atoms with Crippen molar-refractivity contribution in [2.24, 2.45) is 0 Å². The Kier molecular flexibility index (Phi) is 7.83. The highest BCUT2D eigenvalue weighted by atomic mass is 79.9. The Morgan fingerprint density at radius 3 is 2.58 bits per heavy atom. The SMILES string of the molecule is CCOC(=O)c1nc(Br)n(C(C)C)c1C(Nc1cc(Cl)ccc1C)c1ccc(C#N)cc1C. The number of esters is 1. The molecule has 3 aromatic rings. The summed E-state index contributed by atoms with van der Waals surface area (Å²) in [7, 11) is 0. The number of rotatable bonds is 7. The van der Waals surface area contributed by atoms with E-state index in [1.807, 2.05) is 62.6 Å². The van der Waals surface area contributed by atoms with Gasteiger partial charge in [-0.2, -0.15) is 5.26 Å². The fraction of sp³-hybridized carbons (Fsp3) is 0.320. The average Bonchev–Trinajstić information content (AvgIpc) is 3.12. The molecule has 0 bridgehead atoms. The van der Waals surface area contributed by atoms with Crippen molar-refractivity contribution in [2.45, 2.75) is 46.7 Å². The quantitative estimate of drug-likeness (QED) is 0.343. The van der Waals surface area contributed by atoms with Crippen LogP contribution < -0.4 is 5.32 Å². The third-order valence-electron chi connectivity index (χ3n) is 5.37. The number of nitriles is 1. The van der Waals surface area contributed by atoms with Crippen molar-refractivity contribution in [3.05, 3.63) is 79.8 Å². The lowest BCUT2D eigenvalue weighted by Crippen LogP contribution is -2.23. The van der Waals surface area contributed by atoms with Crippen molar-refractivity contribution in [3.8, 4) is 6.07 Å². The molecule has 3 rings (SSSR count). The molecule has 6 nitrogen and oxygen atoms in total. The zero-order chi connectivity index (χ0) is 24.3. The van der Waals surface area contributed by atoms with Crippen LogP contribution in [-0.2, 0) is 4.74 Å². The van der Waals surface area contributed by atoms with Gasteiger partial charge in [0.15, 0.2) is 10.4 Å². The number of imidazole rings is 1.